The Bertz CT molecular complexity index is 1020. The van der Waals surface area contributed by atoms with Gasteiger partial charge >= 0.3 is 12.1 Å². The summed E-state index contributed by atoms with van der Waals surface area (Å²) < 4.78 is 5.54. The molecule has 0 aliphatic heterocycles. The molecule has 1 saturated carbocycles. The summed E-state index contributed by atoms with van der Waals surface area (Å²) in [4.78, 5) is 35.5. The van der Waals surface area contributed by atoms with Crippen LogP contribution in [-0.4, -0.2) is 41.8 Å². The molecule has 0 saturated heterocycles. The third-order valence-corrected chi connectivity index (χ3v) is 6.54. The molecule has 2 aliphatic carbocycles. The quantitative estimate of drug-likeness (QED) is 0.537. The molecule has 2 atom stereocenters. The molecule has 2 unspecified atom stereocenters. The molecule has 1 fully saturated rings. The van der Waals surface area contributed by atoms with Crippen molar-refractivity contribution in [1.82, 2.24) is 10.6 Å². The van der Waals surface area contributed by atoms with Crippen LogP contribution >= 0.6 is 0 Å². The van der Waals surface area contributed by atoms with Gasteiger partial charge in [-0.15, -0.1) is 0 Å². The Morgan fingerprint density at radius 2 is 1.64 bits per heavy atom. The maximum Gasteiger partial charge on any atom is 0.407 e. The molecule has 2 aliphatic rings. The van der Waals surface area contributed by atoms with E-state index in [4.69, 9.17) is 9.84 Å². The minimum absolute atomic E-state index is 0.00468. The molecule has 0 spiro atoms. The molecule has 0 aromatic heterocycles. The Kier molecular flexibility index (Phi) is 6.40. The lowest BCUT2D eigenvalue weighted by atomic mass is 9.98. The number of nitrogens with one attached hydrogen (secondary N) is 2. The number of rotatable bonds is 9. The van der Waals surface area contributed by atoms with Gasteiger partial charge in [0.1, 0.15) is 6.61 Å². The van der Waals surface area contributed by atoms with Gasteiger partial charge in [-0.2, -0.15) is 0 Å². The molecular formula is C26H30N2O5. The molecule has 0 bridgehead atoms. The number of carboxylic acid groups (broad SMARTS) is 1. The first-order valence-corrected chi connectivity index (χ1v) is 11.4. The predicted octanol–water partition coefficient (Wildman–Crippen LogP) is 3.92. The van der Waals surface area contributed by atoms with Gasteiger partial charge in [-0.25, -0.2) is 4.79 Å². The van der Waals surface area contributed by atoms with Crippen LogP contribution in [0, 0.1) is 11.8 Å². The van der Waals surface area contributed by atoms with E-state index in [0.717, 1.165) is 11.1 Å². The summed E-state index contributed by atoms with van der Waals surface area (Å²) in [6.07, 6.45) is 0.586. The minimum atomic E-state index is -0.881. The number of alkyl carbamates (subject to hydrolysis) is 1. The summed E-state index contributed by atoms with van der Waals surface area (Å²) in [5, 5.41) is 14.6. The number of hydrogen-bond acceptors (Lipinski definition) is 4. The van der Waals surface area contributed by atoms with Crippen LogP contribution < -0.4 is 10.6 Å². The Labute approximate surface area is 193 Å². The van der Waals surface area contributed by atoms with Crippen molar-refractivity contribution in [3.8, 4) is 11.1 Å². The van der Waals surface area contributed by atoms with Gasteiger partial charge in [-0.3, -0.25) is 9.59 Å². The normalized spacial score (nSPS) is 18.7. The standard InChI is InChI=1S/C26H30N2O5/c1-26(2,12-11-23(29)30)28-24(31)21-13-16(21)14-27-25(32)33-15-22-19-9-5-3-7-17(19)18-8-4-6-10-20(18)22/h3-10,16,21-22H,11-15H2,1-2H3,(H,27,32)(H,28,31)(H,29,30). The molecule has 2 amide bonds. The number of amides is 2. The Morgan fingerprint density at radius 3 is 2.24 bits per heavy atom. The molecule has 33 heavy (non-hydrogen) atoms. The molecule has 7 nitrogen and oxygen atoms in total. The van der Waals surface area contributed by atoms with Crippen LogP contribution in [0.2, 0.25) is 0 Å². The molecule has 174 valence electrons. The molecule has 0 radical (unpaired) electrons. The van der Waals surface area contributed by atoms with Crippen LogP contribution in [0.3, 0.4) is 0 Å². The lowest BCUT2D eigenvalue weighted by molar-refractivity contribution is -0.138. The number of benzene rings is 2. The van der Waals surface area contributed by atoms with Crippen LogP contribution in [0.4, 0.5) is 4.79 Å². The van der Waals surface area contributed by atoms with Crippen molar-refractivity contribution in [3.63, 3.8) is 0 Å². The molecule has 2 aromatic carbocycles. The SMILES string of the molecule is CC(C)(CCC(=O)O)NC(=O)C1CC1CNC(=O)OCC1c2ccccc2-c2ccccc21. The highest BCUT2D eigenvalue weighted by Gasteiger charge is 2.44. The number of carboxylic acids is 1. The zero-order chi connectivity index (χ0) is 23.6. The van der Waals surface area contributed by atoms with Gasteiger partial charge in [0.15, 0.2) is 0 Å². The predicted molar refractivity (Wildman–Crippen MR) is 124 cm³/mol. The fourth-order valence-corrected chi connectivity index (χ4v) is 4.57. The van der Waals surface area contributed by atoms with Crippen LogP contribution in [-0.2, 0) is 14.3 Å². The van der Waals surface area contributed by atoms with E-state index in [0.29, 0.717) is 19.4 Å². The van der Waals surface area contributed by atoms with E-state index < -0.39 is 17.6 Å². The minimum Gasteiger partial charge on any atom is -0.481 e. The van der Waals surface area contributed by atoms with E-state index in [2.05, 4.69) is 34.9 Å². The molecular weight excluding hydrogens is 420 g/mol. The van der Waals surface area contributed by atoms with Gasteiger partial charge in [-0.05, 0) is 54.9 Å². The number of aliphatic carboxylic acids is 1. The molecule has 4 rings (SSSR count). The van der Waals surface area contributed by atoms with Crippen LogP contribution in [0.15, 0.2) is 48.5 Å². The van der Waals surface area contributed by atoms with Gasteiger partial charge in [0.05, 0.1) is 0 Å². The van der Waals surface area contributed by atoms with Crippen molar-refractivity contribution in [2.75, 3.05) is 13.2 Å². The summed E-state index contributed by atoms with van der Waals surface area (Å²) >= 11 is 0. The molecule has 2 aromatic rings. The van der Waals surface area contributed by atoms with E-state index in [1.165, 1.54) is 11.1 Å². The first kappa shape index (κ1) is 22.8. The van der Waals surface area contributed by atoms with Crippen molar-refractivity contribution in [1.29, 1.82) is 0 Å². The van der Waals surface area contributed by atoms with E-state index in [9.17, 15) is 14.4 Å². The van der Waals surface area contributed by atoms with E-state index in [1.807, 2.05) is 38.1 Å². The van der Waals surface area contributed by atoms with Gasteiger partial charge in [0.25, 0.3) is 0 Å². The number of carbonyl (C=O) groups is 3. The van der Waals surface area contributed by atoms with E-state index >= 15 is 0 Å². The van der Waals surface area contributed by atoms with Crippen molar-refractivity contribution in [3.05, 3.63) is 59.7 Å². The summed E-state index contributed by atoms with van der Waals surface area (Å²) in [5.41, 5.74) is 4.11. The molecule has 7 heteroatoms. The summed E-state index contributed by atoms with van der Waals surface area (Å²) in [7, 11) is 0. The lowest BCUT2D eigenvalue weighted by Gasteiger charge is -2.25. The second-order valence-electron chi connectivity index (χ2n) is 9.58. The molecule has 0 heterocycles. The fourth-order valence-electron chi connectivity index (χ4n) is 4.57. The zero-order valence-corrected chi connectivity index (χ0v) is 19.0. The van der Waals surface area contributed by atoms with Crippen LogP contribution in [0.1, 0.15) is 50.2 Å². The maximum absolute atomic E-state index is 12.5. The highest BCUT2D eigenvalue weighted by molar-refractivity contribution is 5.82. The summed E-state index contributed by atoms with van der Waals surface area (Å²) in [6, 6.07) is 16.4. The highest BCUT2D eigenvalue weighted by Crippen LogP contribution is 2.44. The maximum atomic E-state index is 12.5. The van der Waals surface area contributed by atoms with Gasteiger partial charge in [-0.1, -0.05) is 48.5 Å². The number of hydrogen-bond donors (Lipinski definition) is 3. The third-order valence-electron chi connectivity index (χ3n) is 6.54. The topological polar surface area (TPSA) is 105 Å². The van der Waals surface area contributed by atoms with E-state index in [-0.39, 0.29) is 36.7 Å². The number of ether oxygens (including phenoxy) is 1. The van der Waals surface area contributed by atoms with Gasteiger partial charge in [0.2, 0.25) is 5.91 Å². The largest absolute Gasteiger partial charge is 0.481 e. The van der Waals surface area contributed by atoms with Gasteiger partial charge < -0.3 is 20.5 Å². The fraction of sp³-hybridized carbons (Fsp3) is 0.423. The number of fused-ring (bicyclic) bond motifs is 3. The Morgan fingerprint density at radius 1 is 1.03 bits per heavy atom. The van der Waals surface area contributed by atoms with E-state index in [1.54, 1.807) is 0 Å². The van der Waals surface area contributed by atoms with Gasteiger partial charge in [0, 0.05) is 30.3 Å². The number of carbonyl (C=O) groups excluding carboxylic acids is 2. The smallest absolute Gasteiger partial charge is 0.407 e. The average molecular weight is 451 g/mol. The first-order valence-electron chi connectivity index (χ1n) is 11.4. The van der Waals surface area contributed by atoms with Crippen molar-refractivity contribution < 1.29 is 24.2 Å². The van der Waals surface area contributed by atoms with Crippen molar-refractivity contribution in [2.24, 2.45) is 11.8 Å². The zero-order valence-electron chi connectivity index (χ0n) is 19.0. The van der Waals surface area contributed by atoms with Crippen LogP contribution in [0.5, 0.6) is 0 Å². The van der Waals surface area contributed by atoms with Crippen molar-refractivity contribution >= 4 is 18.0 Å². The second-order valence-corrected chi connectivity index (χ2v) is 9.58. The monoisotopic (exact) mass is 450 g/mol. The third kappa shape index (κ3) is 5.35. The van der Waals surface area contributed by atoms with Crippen molar-refractivity contribution in [2.45, 2.75) is 44.6 Å². The lowest BCUT2D eigenvalue weighted by Crippen LogP contribution is -2.45. The molecule has 3 N–H and O–H groups in total. The summed E-state index contributed by atoms with van der Waals surface area (Å²) in [5.74, 6) is -1.06. The summed E-state index contributed by atoms with van der Waals surface area (Å²) in [6.45, 7) is 4.27. The Balaban J connectivity index is 1.23. The van der Waals surface area contributed by atoms with Crippen LogP contribution in [0.25, 0.3) is 11.1 Å². The highest BCUT2D eigenvalue weighted by atomic mass is 16.5. The average Bonchev–Trinajstić information content (AvgIpc) is 3.50. The first-order chi connectivity index (χ1) is 15.7. The second kappa shape index (κ2) is 9.25. The Hall–Kier alpha value is -3.35.